The molecule has 3 aromatic rings. The quantitative estimate of drug-likeness (QED) is 0.780. The number of pyridine rings is 1. The number of nitrogens with one attached hydrogen (secondary N) is 1. The standard InChI is InChI=1S/C19H16N2O/c1-14-5-11-17(12-6-14)21-19(22)16-9-7-15(8-10-16)18-4-2-3-13-20-18/h2-13H,1H3,(H,21,22). The van der Waals surface area contributed by atoms with Gasteiger partial charge in [0.05, 0.1) is 5.69 Å². The van der Waals surface area contributed by atoms with E-state index in [2.05, 4.69) is 10.3 Å². The van der Waals surface area contributed by atoms with Gasteiger partial charge in [-0.15, -0.1) is 0 Å². The van der Waals surface area contributed by atoms with Gasteiger partial charge in [0.2, 0.25) is 0 Å². The number of carbonyl (C=O) groups is 1. The average Bonchev–Trinajstić information content (AvgIpc) is 2.58. The van der Waals surface area contributed by atoms with Crippen molar-refractivity contribution in [3.8, 4) is 11.3 Å². The highest BCUT2D eigenvalue weighted by Crippen LogP contribution is 2.17. The third kappa shape index (κ3) is 3.20. The molecule has 0 radical (unpaired) electrons. The van der Waals surface area contributed by atoms with Crippen molar-refractivity contribution in [2.45, 2.75) is 6.92 Å². The third-order valence-electron chi connectivity index (χ3n) is 3.42. The third-order valence-corrected chi connectivity index (χ3v) is 3.42. The second kappa shape index (κ2) is 6.22. The molecule has 0 unspecified atom stereocenters. The van der Waals surface area contributed by atoms with Gasteiger partial charge in [-0.05, 0) is 43.3 Å². The van der Waals surface area contributed by atoms with E-state index in [1.165, 1.54) is 0 Å². The monoisotopic (exact) mass is 288 g/mol. The molecule has 0 bridgehead atoms. The molecule has 0 aliphatic carbocycles. The molecule has 108 valence electrons. The maximum absolute atomic E-state index is 12.2. The van der Waals surface area contributed by atoms with E-state index in [4.69, 9.17) is 0 Å². The lowest BCUT2D eigenvalue weighted by Crippen LogP contribution is -2.11. The Morgan fingerprint density at radius 1 is 0.909 bits per heavy atom. The van der Waals surface area contributed by atoms with Crippen molar-refractivity contribution in [1.82, 2.24) is 4.98 Å². The van der Waals surface area contributed by atoms with Crippen molar-refractivity contribution in [2.75, 3.05) is 5.32 Å². The molecule has 1 amide bonds. The summed E-state index contributed by atoms with van der Waals surface area (Å²) in [7, 11) is 0. The van der Waals surface area contributed by atoms with Gasteiger partial charge in [-0.25, -0.2) is 0 Å². The summed E-state index contributed by atoms with van der Waals surface area (Å²) in [5.74, 6) is -0.114. The van der Waals surface area contributed by atoms with Crippen LogP contribution in [0.3, 0.4) is 0 Å². The molecule has 3 rings (SSSR count). The predicted octanol–water partition coefficient (Wildman–Crippen LogP) is 4.31. The number of aryl methyl sites for hydroxylation is 1. The summed E-state index contributed by atoms with van der Waals surface area (Å²) in [6.45, 7) is 2.02. The number of carbonyl (C=O) groups excluding carboxylic acids is 1. The van der Waals surface area contributed by atoms with Crippen LogP contribution in [0.5, 0.6) is 0 Å². The van der Waals surface area contributed by atoms with E-state index in [-0.39, 0.29) is 5.91 Å². The maximum Gasteiger partial charge on any atom is 0.255 e. The minimum atomic E-state index is -0.114. The van der Waals surface area contributed by atoms with E-state index in [1.54, 1.807) is 6.20 Å². The fraction of sp³-hybridized carbons (Fsp3) is 0.0526. The molecule has 0 aliphatic heterocycles. The van der Waals surface area contributed by atoms with Gasteiger partial charge in [0.15, 0.2) is 0 Å². The molecular weight excluding hydrogens is 272 g/mol. The Balaban J connectivity index is 1.75. The van der Waals surface area contributed by atoms with Crippen LogP contribution in [0.15, 0.2) is 72.9 Å². The van der Waals surface area contributed by atoms with Gasteiger partial charge in [-0.3, -0.25) is 9.78 Å². The van der Waals surface area contributed by atoms with E-state index in [1.807, 2.05) is 73.7 Å². The smallest absolute Gasteiger partial charge is 0.255 e. The number of aromatic nitrogens is 1. The molecule has 22 heavy (non-hydrogen) atoms. The van der Waals surface area contributed by atoms with E-state index < -0.39 is 0 Å². The Morgan fingerprint density at radius 3 is 2.27 bits per heavy atom. The van der Waals surface area contributed by atoms with Crippen LogP contribution in [0.1, 0.15) is 15.9 Å². The van der Waals surface area contributed by atoms with Crippen LogP contribution < -0.4 is 5.32 Å². The fourth-order valence-electron chi connectivity index (χ4n) is 2.17. The number of hydrogen-bond donors (Lipinski definition) is 1. The predicted molar refractivity (Wildman–Crippen MR) is 88.8 cm³/mol. The summed E-state index contributed by atoms with van der Waals surface area (Å²) in [6.07, 6.45) is 1.76. The van der Waals surface area contributed by atoms with Gasteiger partial charge in [-0.1, -0.05) is 35.9 Å². The van der Waals surface area contributed by atoms with E-state index in [0.717, 1.165) is 22.5 Å². The van der Waals surface area contributed by atoms with E-state index in [0.29, 0.717) is 5.56 Å². The zero-order chi connectivity index (χ0) is 15.4. The van der Waals surface area contributed by atoms with Crippen LogP contribution in [0.2, 0.25) is 0 Å². The molecule has 1 aromatic heterocycles. The zero-order valence-electron chi connectivity index (χ0n) is 12.3. The van der Waals surface area contributed by atoms with Gasteiger partial charge >= 0.3 is 0 Å². The Bertz CT molecular complexity index is 763. The van der Waals surface area contributed by atoms with Crippen molar-refractivity contribution in [3.05, 3.63) is 84.1 Å². The summed E-state index contributed by atoms with van der Waals surface area (Å²) in [5, 5.41) is 2.89. The van der Waals surface area contributed by atoms with Crippen LogP contribution in [0, 0.1) is 6.92 Å². The lowest BCUT2D eigenvalue weighted by Gasteiger charge is -2.06. The van der Waals surface area contributed by atoms with Crippen LogP contribution in [-0.2, 0) is 0 Å². The number of anilines is 1. The minimum Gasteiger partial charge on any atom is -0.322 e. The highest BCUT2D eigenvalue weighted by atomic mass is 16.1. The van der Waals surface area contributed by atoms with Crippen LogP contribution in [-0.4, -0.2) is 10.9 Å². The molecular formula is C19H16N2O. The zero-order valence-corrected chi connectivity index (χ0v) is 12.3. The SMILES string of the molecule is Cc1ccc(NC(=O)c2ccc(-c3ccccn3)cc2)cc1. The van der Waals surface area contributed by atoms with Crippen LogP contribution in [0.4, 0.5) is 5.69 Å². The fourth-order valence-corrected chi connectivity index (χ4v) is 2.17. The highest BCUT2D eigenvalue weighted by molar-refractivity contribution is 6.04. The van der Waals surface area contributed by atoms with Gasteiger partial charge in [0.25, 0.3) is 5.91 Å². The average molecular weight is 288 g/mol. The van der Waals surface area contributed by atoms with E-state index >= 15 is 0 Å². The van der Waals surface area contributed by atoms with E-state index in [9.17, 15) is 4.79 Å². The number of benzene rings is 2. The van der Waals surface area contributed by atoms with Crippen molar-refractivity contribution >= 4 is 11.6 Å². The molecule has 0 fully saturated rings. The van der Waals surface area contributed by atoms with Gasteiger partial charge in [0.1, 0.15) is 0 Å². The van der Waals surface area contributed by atoms with Gasteiger partial charge < -0.3 is 5.32 Å². The summed E-state index contributed by atoms with van der Waals surface area (Å²) >= 11 is 0. The van der Waals surface area contributed by atoms with Crippen LogP contribution >= 0.6 is 0 Å². The molecule has 0 atom stereocenters. The Hall–Kier alpha value is -2.94. The normalized spacial score (nSPS) is 10.2. The molecule has 2 aromatic carbocycles. The summed E-state index contributed by atoms with van der Waals surface area (Å²) in [4.78, 5) is 16.5. The maximum atomic E-state index is 12.2. The van der Waals surface area contributed by atoms with Crippen LogP contribution in [0.25, 0.3) is 11.3 Å². The van der Waals surface area contributed by atoms with Crippen molar-refractivity contribution in [2.24, 2.45) is 0 Å². The minimum absolute atomic E-state index is 0.114. The summed E-state index contributed by atoms with van der Waals surface area (Å²) < 4.78 is 0. The first-order chi connectivity index (χ1) is 10.7. The molecule has 1 N–H and O–H groups in total. The highest BCUT2D eigenvalue weighted by Gasteiger charge is 2.06. The molecule has 0 saturated heterocycles. The first kappa shape index (κ1) is 14.0. The Labute approximate surface area is 129 Å². The number of hydrogen-bond acceptors (Lipinski definition) is 2. The lowest BCUT2D eigenvalue weighted by molar-refractivity contribution is 0.102. The number of nitrogens with zero attached hydrogens (tertiary/aromatic N) is 1. The molecule has 0 aliphatic rings. The molecule has 0 saturated carbocycles. The first-order valence-corrected chi connectivity index (χ1v) is 7.12. The molecule has 0 spiro atoms. The second-order valence-electron chi connectivity index (χ2n) is 5.11. The van der Waals surface area contributed by atoms with Crippen molar-refractivity contribution < 1.29 is 4.79 Å². The first-order valence-electron chi connectivity index (χ1n) is 7.12. The van der Waals surface area contributed by atoms with Crippen molar-refractivity contribution in [1.29, 1.82) is 0 Å². The summed E-state index contributed by atoms with van der Waals surface area (Å²) in [5.41, 5.74) is 4.47. The second-order valence-corrected chi connectivity index (χ2v) is 5.11. The largest absolute Gasteiger partial charge is 0.322 e. The number of amides is 1. The number of rotatable bonds is 3. The molecule has 1 heterocycles. The van der Waals surface area contributed by atoms with Crippen molar-refractivity contribution in [3.63, 3.8) is 0 Å². The Kier molecular flexibility index (Phi) is 3.97. The van der Waals surface area contributed by atoms with Gasteiger partial charge in [0, 0.05) is 23.0 Å². The summed E-state index contributed by atoms with van der Waals surface area (Å²) in [6, 6.07) is 21.0. The Morgan fingerprint density at radius 2 is 1.64 bits per heavy atom. The topological polar surface area (TPSA) is 42.0 Å². The lowest BCUT2D eigenvalue weighted by atomic mass is 10.1. The molecule has 3 nitrogen and oxygen atoms in total. The van der Waals surface area contributed by atoms with Gasteiger partial charge in [-0.2, -0.15) is 0 Å². The molecule has 3 heteroatoms.